The van der Waals surface area contributed by atoms with Crippen LogP contribution < -0.4 is 30.2 Å². The molecule has 0 fully saturated rings. The SMILES string of the molecule is CCNC(=NCc1cc(OC)c(OC)cc1OC)NCCc1cccc(C(=O)NC)c1. The van der Waals surface area contributed by atoms with Crippen molar-refractivity contribution in [2.24, 2.45) is 4.99 Å². The normalized spacial score (nSPS) is 10.9. The third kappa shape index (κ3) is 6.80. The number of nitrogens with zero attached hydrogens (tertiary/aromatic N) is 1. The summed E-state index contributed by atoms with van der Waals surface area (Å²) in [6, 6.07) is 11.3. The van der Waals surface area contributed by atoms with Crippen LogP contribution in [0.3, 0.4) is 0 Å². The molecule has 2 aromatic rings. The van der Waals surface area contributed by atoms with Gasteiger partial charge in [0.05, 0.1) is 27.9 Å². The maximum absolute atomic E-state index is 11.8. The smallest absolute Gasteiger partial charge is 0.251 e. The zero-order valence-electron chi connectivity index (χ0n) is 18.9. The summed E-state index contributed by atoms with van der Waals surface area (Å²) in [5.74, 6) is 2.53. The average molecular weight is 429 g/mol. The lowest BCUT2D eigenvalue weighted by molar-refractivity contribution is 0.0963. The van der Waals surface area contributed by atoms with E-state index in [1.165, 1.54) is 0 Å². The van der Waals surface area contributed by atoms with Crippen molar-refractivity contribution in [3.05, 3.63) is 53.1 Å². The number of rotatable bonds is 10. The fourth-order valence-electron chi connectivity index (χ4n) is 3.06. The Balaban J connectivity index is 2.06. The van der Waals surface area contributed by atoms with Crippen LogP contribution in [0.5, 0.6) is 17.2 Å². The molecule has 168 valence electrons. The van der Waals surface area contributed by atoms with Gasteiger partial charge in [-0.2, -0.15) is 0 Å². The van der Waals surface area contributed by atoms with E-state index in [2.05, 4.69) is 20.9 Å². The molecule has 31 heavy (non-hydrogen) atoms. The second kappa shape index (κ2) is 12.3. The number of hydrogen-bond acceptors (Lipinski definition) is 5. The van der Waals surface area contributed by atoms with Crippen molar-refractivity contribution in [2.75, 3.05) is 41.5 Å². The van der Waals surface area contributed by atoms with E-state index >= 15 is 0 Å². The number of benzene rings is 2. The monoisotopic (exact) mass is 428 g/mol. The van der Waals surface area contributed by atoms with Crippen molar-refractivity contribution in [3.8, 4) is 17.2 Å². The Morgan fingerprint density at radius 1 is 0.968 bits per heavy atom. The average Bonchev–Trinajstić information content (AvgIpc) is 2.81. The first-order chi connectivity index (χ1) is 15.1. The molecule has 0 saturated carbocycles. The molecular formula is C23H32N4O4. The van der Waals surface area contributed by atoms with Crippen LogP contribution in [0.4, 0.5) is 0 Å². The summed E-state index contributed by atoms with van der Waals surface area (Å²) in [6.45, 7) is 3.83. The van der Waals surface area contributed by atoms with Gasteiger partial charge in [0.2, 0.25) is 0 Å². The van der Waals surface area contributed by atoms with E-state index in [0.717, 1.165) is 24.1 Å². The van der Waals surface area contributed by atoms with Crippen molar-refractivity contribution < 1.29 is 19.0 Å². The molecule has 3 N–H and O–H groups in total. The van der Waals surface area contributed by atoms with Gasteiger partial charge in [-0.3, -0.25) is 4.79 Å². The number of ether oxygens (including phenoxy) is 3. The lowest BCUT2D eigenvalue weighted by atomic mass is 10.1. The summed E-state index contributed by atoms with van der Waals surface area (Å²) in [5, 5.41) is 9.22. The molecule has 0 saturated heterocycles. The highest BCUT2D eigenvalue weighted by Crippen LogP contribution is 2.34. The first kappa shape index (κ1) is 23.9. The van der Waals surface area contributed by atoms with Gasteiger partial charge < -0.3 is 30.2 Å². The third-order valence-corrected chi connectivity index (χ3v) is 4.66. The second-order valence-corrected chi connectivity index (χ2v) is 6.67. The van der Waals surface area contributed by atoms with Crippen LogP contribution in [0.15, 0.2) is 41.4 Å². The second-order valence-electron chi connectivity index (χ2n) is 6.67. The zero-order valence-corrected chi connectivity index (χ0v) is 18.9. The first-order valence-corrected chi connectivity index (χ1v) is 10.2. The van der Waals surface area contributed by atoms with Crippen LogP contribution >= 0.6 is 0 Å². The van der Waals surface area contributed by atoms with Crippen molar-refractivity contribution in [2.45, 2.75) is 19.9 Å². The molecule has 0 unspecified atom stereocenters. The molecule has 0 aliphatic carbocycles. The van der Waals surface area contributed by atoms with Gasteiger partial charge in [-0.05, 0) is 37.1 Å². The summed E-state index contributed by atoms with van der Waals surface area (Å²) < 4.78 is 16.2. The minimum Gasteiger partial charge on any atom is -0.496 e. The van der Waals surface area contributed by atoms with Crippen LogP contribution in [0.2, 0.25) is 0 Å². The van der Waals surface area contributed by atoms with Crippen LogP contribution in [0.25, 0.3) is 0 Å². The maximum atomic E-state index is 11.8. The molecule has 0 bridgehead atoms. The molecule has 8 nitrogen and oxygen atoms in total. The van der Waals surface area contributed by atoms with E-state index < -0.39 is 0 Å². The minimum absolute atomic E-state index is 0.0893. The molecule has 0 atom stereocenters. The van der Waals surface area contributed by atoms with Crippen molar-refractivity contribution in [1.82, 2.24) is 16.0 Å². The summed E-state index contributed by atoms with van der Waals surface area (Å²) >= 11 is 0. The van der Waals surface area contributed by atoms with Gasteiger partial charge in [-0.25, -0.2) is 4.99 Å². The molecule has 0 heterocycles. The van der Waals surface area contributed by atoms with E-state index in [-0.39, 0.29) is 5.91 Å². The Morgan fingerprint density at radius 3 is 2.32 bits per heavy atom. The fourth-order valence-corrected chi connectivity index (χ4v) is 3.06. The van der Waals surface area contributed by atoms with E-state index in [4.69, 9.17) is 14.2 Å². The van der Waals surface area contributed by atoms with Crippen LogP contribution in [0, 0.1) is 0 Å². The Hall–Kier alpha value is -3.42. The molecule has 0 aliphatic rings. The highest BCUT2D eigenvalue weighted by molar-refractivity contribution is 5.94. The van der Waals surface area contributed by atoms with Gasteiger partial charge in [0.25, 0.3) is 5.91 Å². The molecule has 0 aliphatic heterocycles. The highest BCUT2D eigenvalue weighted by Gasteiger charge is 2.12. The number of nitrogens with one attached hydrogen (secondary N) is 3. The predicted octanol–water partition coefficient (Wildman–Crippen LogP) is 2.37. The Morgan fingerprint density at radius 2 is 1.68 bits per heavy atom. The number of guanidine groups is 1. The maximum Gasteiger partial charge on any atom is 0.251 e. The lowest BCUT2D eigenvalue weighted by Gasteiger charge is -2.14. The van der Waals surface area contributed by atoms with Crippen LogP contribution in [-0.2, 0) is 13.0 Å². The largest absolute Gasteiger partial charge is 0.496 e. The van der Waals surface area contributed by atoms with Crippen molar-refractivity contribution in [3.63, 3.8) is 0 Å². The number of hydrogen-bond donors (Lipinski definition) is 3. The molecule has 2 rings (SSSR count). The number of carbonyl (C=O) groups excluding carboxylic acids is 1. The van der Waals surface area contributed by atoms with Gasteiger partial charge >= 0.3 is 0 Å². The minimum atomic E-state index is -0.0893. The van der Waals surface area contributed by atoms with E-state index in [1.54, 1.807) is 40.5 Å². The standard InChI is InChI=1S/C23H32N4O4/c1-6-25-23(26-11-10-16-8-7-9-17(12-16)22(28)24-2)27-15-18-13-20(30-4)21(31-5)14-19(18)29-3/h7-9,12-14H,6,10-11,15H2,1-5H3,(H,24,28)(H2,25,26,27). The number of carbonyl (C=O) groups is 1. The Kier molecular flexibility index (Phi) is 9.48. The molecule has 1 amide bonds. The van der Waals surface area contributed by atoms with Gasteiger partial charge in [-0.1, -0.05) is 12.1 Å². The van der Waals surface area contributed by atoms with E-state index in [0.29, 0.717) is 41.9 Å². The van der Waals surface area contributed by atoms with Crippen molar-refractivity contribution >= 4 is 11.9 Å². The van der Waals surface area contributed by atoms with Crippen LogP contribution in [-0.4, -0.2) is 53.3 Å². The Labute approximate surface area is 184 Å². The first-order valence-electron chi connectivity index (χ1n) is 10.2. The summed E-state index contributed by atoms with van der Waals surface area (Å²) in [6.07, 6.45) is 0.759. The summed E-state index contributed by atoms with van der Waals surface area (Å²) in [7, 11) is 6.43. The quantitative estimate of drug-likeness (QED) is 0.397. The molecule has 0 aromatic heterocycles. The number of methoxy groups -OCH3 is 3. The predicted molar refractivity (Wildman–Crippen MR) is 122 cm³/mol. The summed E-state index contributed by atoms with van der Waals surface area (Å²) in [5.41, 5.74) is 2.61. The molecule has 0 radical (unpaired) electrons. The van der Waals surface area contributed by atoms with Crippen LogP contribution in [0.1, 0.15) is 28.4 Å². The van der Waals surface area contributed by atoms with Gasteiger partial charge in [0, 0.05) is 37.3 Å². The van der Waals surface area contributed by atoms with Gasteiger partial charge in [0.15, 0.2) is 17.5 Å². The molecule has 8 heteroatoms. The fraction of sp³-hybridized carbons (Fsp3) is 0.391. The topological polar surface area (TPSA) is 93.2 Å². The highest BCUT2D eigenvalue weighted by atomic mass is 16.5. The van der Waals surface area contributed by atoms with Crippen molar-refractivity contribution in [1.29, 1.82) is 0 Å². The molecular weight excluding hydrogens is 396 g/mol. The van der Waals surface area contributed by atoms with E-state index in [9.17, 15) is 4.79 Å². The Bertz CT molecular complexity index is 899. The zero-order chi connectivity index (χ0) is 22.6. The third-order valence-electron chi connectivity index (χ3n) is 4.66. The number of aliphatic imine (C=N–C) groups is 1. The van der Waals surface area contributed by atoms with E-state index in [1.807, 2.05) is 31.2 Å². The van der Waals surface area contributed by atoms with Gasteiger partial charge in [-0.15, -0.1) is 0 Å². The lowest BCUT2D eigenvalue weighted by Crippen LogP contribution is -2.38. The van der Waals surface area contributed by atoms with Gasteiger partial charge in [0.1, 0.15) is 5.75 Å². The number of amides is 1. The molecule has 2 aromatic carbocycles. The summed E-state index contributed by atoms with van der Waals surface area (Å²) in [4.78, 5) is 16.5. The molecule has 0 spiro atoms.